The number of nitrogen functional groups attached to an aromatic ring is 1. The van der Waals surface area contributed by atoms with Crippen molar-refractivity contribution in [3.05, 3.63) is 35.5 Å². The van der Waals surface area contributed by atoms with Gasteiger partial charge in [0.15, 0.2) is 0 Å². The molecule has 0 aliphatic heterocycles. The summed E-state index contributed by atoms with van der Waals surface area (Å²) in [5.74, 6) is 0.301. The van der Waals surface area contributed by atoms with Crippen LogP contribution in [0.25, 0.3) is 0 Å². The highest BCUT2D eigenvalue weighted by Gasteiger charge is 2.15. The number of hydrogen-bond donors (Lipinski definition) is 2. The summed E-state index contributed by atoms with van der Waals surface area (Å²) < 4.78 is 30.8. The number of halogens is 2. The molecule has 0 radical (unpaired) electrons. The van der Waals surface area contributed by atoms with Crippen molar-refractivity contribution < 1.29 is 13.5 Å². The second-order valence-corrected chi connectivity index (χ2v) is 3.59. The van der Waals surface area contributed by atoms with Gasteiger partial charge in [-0.05, 0) is 25.1 Å². The molecule has 0 spiro atoms. The maximum absolute atomic E-state index is 12.8. The van der Waals surface area contributed by atoms with Crippen LogP contribution in [0.5, 0.6) is 11.6 Å². The minimum absolute atomic E-state index is 0.0562. The Morgan fingerprint density at radius 2 is 2.12 bits per heavy atom. The van der Waals surface area contributed by atoms with E-state index in [4.69, 9.17) is 10.5 Å². The molecule has 0 bridgehead atoms. The Bertz CT molecular complexity index is 525. The molecule has 6 heteroatoms. The summed E-state index contributed by atoms with van der Waals surface area (Å²) in [6, 6.07) is 5.71. The van der Waals surface area contributed by atoms with Gasteiger partial charge in [-0.2, -0.15) is 0 Å². The SMILES string of the molecule is Cc1cc(Oc2ccc(N)cc2C(F)F)n[nH]1. The van der Waals surface area contributed by atoms with Crippen LogP contribution in [-0.4, -0.2) is 10.2 Å². The second kappa shape index (κ2) is 4.40. The topological polar surface area (TPSA) is 63.9 Å². The first-order valence-corrected chi connectivity index (χ1v) is 4.93. The molecule has 0 aliphatic carbocycles. The van der Waals surface area contributed by atoms with E-state index in [1.165, 1.54) is 18.2 Å². The molecule has 0 saturated carbocycles. The molecule has 0 aliphatic rings. The fraction of sp³-hybridized carbons (Fsp3) is 0.182. The predicted octanol–water partition coefficient (Wildman–Crippen LogP) is 3.03. The molecule has 4 nitrogen and oxygen atoms in total. The lowest BCUT2D eigenvalue weighted by Crippen LogP contribution is -1.95. The van der Waals surface area contributed by atoms with Crippen LogP contribution in [0.2, 0.25) is 0 Å². The molecule has 0 atom stereocenters. The molecule has 2 rings (SSSR count). The summed E-state index contributed by atoms with van der Waals surface area (Å²) in [4.78, 5) is 0. The average Bonchev–Trinajstić information content (AvgIpc) is 2.66. The highest BCUT2D eigenvalue weighted by Crippen LogP contribution is 2.33. The first-order valence-electron chi connectivity index (χ1n) is 4.93. The number of nitrogens with one attached hydrogen (secondary N) is 1. The quantitative estimate of drug-likeness (QED) is 0.809. The second-order valence-electron chi connectivity index (χ2n) is 3.59. The number of anilines is 1. The fourth-order valence-electron chi connectivity index (χ4n) is 1.39. The van der Waals surface area contributed by atoms with Crippen LogP contribution in [0.1, 0.15) is 17.7 Å². The Labute approximate surface area is 96.4 Å². The van der Waals surface area contributed by atoms with Crippen molar-refractivity contribution >= 4 is 5.69 Å². The van der Waals surface area contributed by atoms with Gasteiger partial charge in [-0.3, -0.25) is 5.10 Å². The van der Waals surface area contributed by atoms with Crippen molar-refractivity contribution in [2.24, 2.45) is 0 Å². The van der Waals surface area contributed by atoms with Gasteiger partial charge in [-0.1, -0.05) is 0 Å². The van der Waals surface area contributed by atoms with Gasteiger partial charge in [0.25, 0.3) is 6.43 Å². The van der Waals surface area contributed by atoms with E-state index in [-0.39, 0.29) is 22.9 Å². The van der Waals surface area contributed by atoms with E-state index in [1.54, 1.807) is 13.0 Å². The van der Waals surface area contributed by atoms with Gasteiger partial charge in [-0.25, -0.2) is 8.78 Å². The summed E-state index contributed by atoms with van der Waals surface area (Å²) in [7, 11) is 0. The third kappa shape index (κ3) is 2.52. The number of H-pyrrole nitrogens is 1. The Balaban J connectivity index is 2.32. The van der Waals surface area contributed by atoms with Gasteiger partial charge < -0.3 is 10.5 Å². The van der Waals surface area contributed by atoms with Crippen LogP contribution in [0.4, 0.5) is 14.5 Å². The van der Waals surface area contributed by atoms with E-state index in [9.17, 15) is 8.78 Å². The van der Waals surface area contributed by atoms with E-state index in [1.807, 2.05) is 0 Å². The lowest BCUT2D eigenvalue weighted by molar-refractivity contribution is 0.148. The molecule has 0 fully saturated rings. The standard InChI is InChI=1S/C11H11F2N3O/c1-6-4-10(16-15-6)17-9-3-2-7(14)5-8(9)11(12)13/h2-5,11H,14H2,1H3,(H,15,16). The van der Waals surface area contributed by atoms with E-state index in [2.05, 4.69) is 10.2 Å². The molecular weight excluding hydrogens is 228 g/mol. The van der Waals surface area contributed by atoms with Crippen LogP contribution >= 0.6 is 0 Å². The maximum atomic E-state index is 12.8. The molecule has 2 aromatic rings. The zero-order valence-corrected chi connectivity index (χ0v) is 9.08. The first kappa shape index (κ1) is 11.4. The summed E-state index contributed by atoms with van der Waals surface area (Å²) in [5.41, 5.74) is 6.26. The van der Waals surface area contributed by atoms with Crippen molar-refractivity contribution in [2.45, 2.75) is 13.3 Å². The molecule has 0 amide bonds. The average molecular weight is 239 g/mol. The van der Waals surface area contributed by atoms with Crippen LogP contribution < -0.4 is 10.5 Å². The summed E-state index contributed by atoms with van der Waals surface area (Å²) in [6.07, 6.45) is -2.64. The van der Waals surface area contributed by atoms with Gasteiger partial charge in [0.1, 0.15) is 5.75 Å². The fourth-order valence-corrected chi connectivity index (χ4v) is 1.39. The molecular formula is C11H11F2N3O. The first-order chi connectivity index (χ1) is 8.06. The van der Waals surface area contributed by atoms with Crippen molar-refractivity contribution in [1.82, 2.24) is 10.2 Å². The van der Waals surface area contributed by atoms with Gasteiger partial charge >= 0.3 is 0 Å². The number of nitrogens with zero attached hydrogens (tertiary/aromatic N) is 1. The van der Waals surface area contributed by atoms with Crippen LogP contribution in [0, 0.1) is 6.92 Å². The van der Waals surface area contributed by atoms with Gasteiger partial charge in [-0.15, -0.1) is 5.10 Å². The molecule has 0 unspecified atom stereocenters. The number of alkyl halides is 2. The van der Waals surface area contributed by atoms with E-state index >= 15 is 0 Å². The molecule has 0 saturated heterocycles. The summed E-state index contributed by atoms with van der Waals surface area (Å²) in [5, 5.41) is 6.47. The predicted molar refractivity (Wildman–Crippen MR) is 59.2 cm³/mol. The third-order valence-electron chi connectivity index (χ3n) is 2.17. The number of aromatic amines is 1. The molecule has 1 aromatic carbocycles. The largest absolute Gasteiger partial charge is 0.437 e. The number of benzene rings is 1. The maximum Gasteiger partial charge on any atom is 0.267 e. The van der Waals surface area contributed by atoms with Crippen LogP contribution in [0.3, 0.4) is 0 Å². The van der Waals surface area contributed by atoms with Crippen LogP contribution in [0.15, 0.2) is 24.3 Å². The smallest absolute Gasteiger partial charge is 0.267 e. The number of ether oxygens (including phenoxy) is 1. The normalized spacial score (nSPS) is 10.8. The Hall–Kier alpha value is -2.11. The lowest BCUT2D eigenvalue weighted by atomic mass is 10.2. The van der Waals surface area contributed by atoms with Gasteiger partial charge in [0.2, 0.25) is 5.88 Å². The van der Waals surface area contributed by atoms with Crippen LogP contribution in [-0.2, 0) is 0 Å². The zero-order chi connectivity index (χ0) is 12.4. The van der Waals surface area contributed by atoms with Gasteiger partial charge in [0.05, 0.1) is 5.56 Å². The Morgan fingerprint density at radius 1 is 1.35 bits per heavy atom. The highest BCUT2D eigenvalue weighted by molar-refractivity contribution is 5.49. The summed E-state index contributed by atoms with van der Waals surface area (Å²) >= 11 is 0. The lowest BCUT2D eigenvalue weighted by Gasteiger charge is -2.09. The molecule has 17 heavy (non-hydrogen) atoms. The number of aryl methyl sites for hydroxylation is 1. The van der Waals surface area contributed by atoms with Crippen molar-refractivity contribution in [3.63, 3.8) is 0 Å². The number of aromatic nitrogens is 2. The number of rotatable bonds is 3. The molecule has 90 valence electrons. The van der Waals surface area contributed by atoms with Crippen molar-refractivity contribution in [3.8, 4) is 11.6 Å². The minimum Gasteiger partial charge on any atom is -0.437 e. The van der Waals surface area contributed by atoms with Crippen molar-refractivity contribution in [2.75, 3.05) is 5.73 Å². The monoisotopic (exact) mass is 239 g/mol. The Morgan fingerprint density at radius 3 is 2.71 bits per heavy atom. The summed E-state index contributed by atoms with van der Waals surface area (Å²) in [6.45, 7) is 1.79. The van der Waals surface area contributed by atoms with E-state index < -0.39 is 6.43 Å². The van der Waals surface area contributed by atoms with Crippen molar-refractivity contribution in [1.29, 1.82) is 0 Å². The highest BCUT2D eigenvalue weighted by atomic mass is 19.3. The third-order valence-corrected chi connectivity index (χ3v) is 2.17. The minimum atomic E-state index is -2.64. The van der Waals surface area contributed by atoms with Gasteiger partial charge in [0, 0.05) is 17.4 Å². The molecule has 3 N–H and O–H groups in total. The molecule has 1 heterocycles. The van der Waals surface area contributed by atoms with E-state index in [0.29, 0.717) is 0 Å². The number of hydrogen-bond acceptors (Lipinski definition) is 3. The molecule has 1 aromatic heterocycles. The Kier molecular flexibility index (Phi) is 2.95. The zero-order valence-electron chi connectivity index (χ0n) is 9.08. The van der Waals surface area contributed by atoms with E-state index in [0.717, 1.165) is 5.69 Å². The number of nitrogens with two attached hydrogens (primary N) is 1.